The molecule has 13 heavy (non-hydrogen) atoms. The van der Waals surface area contributed by atoms with Crippen molar-refractivity contribution < 1.29 is 4.74 Å². The van der Waals surface area contributed by atoms with Gasteiger partial charge in [-0.2, -0.15) is 5.26 Å². The molecule has 1 heterocycles. The Balaban J connectivity index is 3.29. The number of pyridine rings is 1. The maximum Gasteiger partial charge on any atom is 0.140 e. The van der Waals surface area contributed by atoms with E-state index in [1.807, 2.05) is 13.8 Å². The first-order chi connectivity index (χ1) is 6.20. The molecule has 0 atom stereocenters. The van der Waals surface area contributed by atoms with Crippen molar-refractivity contribution in [3.63, 3.8) is 0 Å². The molecular formula is C10H12N2O. The van der Waals surface area contributed by atoms with Gasteiger partial charge in [0.1, 0.15) is 17.4 Å². The molecule has 1 rings (SSSR count). The number of rotatable bonds is 2. The van der Waals surface area contributed by atoms with E-state index >= 15 is 0 Å². The third kappa shape index (κ3) is 1.78. The average Bonchev–Trinajstić information content (AvgIpc) is 2.16. The molecule has 0 N–H and O–H groups in total. The summed E-state index contributed by atoms with van der Waals surface area (Å²) in [6.45, 7) is 4.01. The van der Waals surface area contributed by atoms with Gasteiger partial charge in [-0.25, -0.2) is 0 Å². The molecule has 0 aliphatic heterocycles. The van der Waals surface area contributed by atoms with Crippen molar-refractivity contribution in [2.75, 3.05) is 7.11 Å². The van der Waals surface area contributed by atoms with Crippen LogP contribution in [0.25, 0.3) is 0 Å². The summed E-state index contributed by atoms with van der Waals surface area (Å²) in [5, 5.41) is 8.91. The third-order valence-corrected chi connectivity index (χ3v) is 1.82. The molecule has 0 fully saturated rings. The van der Waals surface area contributed by atoms with E-state index in [4.69, 9.17) is 10.00 Å². The molecule has 3 nitrogen and oxygen atoms in total. The van der Waals surface area contributed by atoms with Gasteiger partial charge in [0.15, 0.2) is 0 Å². The van der Waals surface area contributed by atoms with Crippen molar-refractivity contribution in [1.82, 2.24) is 4.98 Å². The Kier molecular flexibility index (Phi) is 2.86. The average molecular weight is 176 g/mol. The van der Waals surface area contributed by atoms with Crippen molar-refractivity contribution in [2.24, 2.45) is 0 Å². The minimum absolute atomic E-state index is 0.241. The van der Waals surface area contributed by atoms with Gasteiger partial charge in [0.25, 0.3) is 0 Å². The number of nitrogens with zero attached hydrogens (tertiary/aromatic N) is 2. The summed E-state index contributed by atoms with van der Waals surface area (Å²) in [6.07, 6.45) is 1.66. The van der Waals surface area contributed by atoms with Gasteiger partial charge in [-0.05, 0) is 12.0 Å². The van der Waals surface area contributed by atoms with Crippen LogP contribution >= 0.6 is 0 Å². The Hall–Kier alpha value is -1.56. The maximum atomic E-state index is 8.91. The van der Waals surface area contributed by atoms with Crippen LogP contribution in [0, 0.1) is 11.3 Å². The van der Waals surface area contributed by atoms with Gasteiger partial charge in [-0.1, -0.05) is 13.8 Å². The molecule has 0 saturated carbocycles. The first-order valence-corrected chi connectivity index (χ1v) is 4.13. The monoisotopic (exact) mass is 176 g/mol. The maximum absolute atomic E-state index is 8.91. The Morgan fingerprint density at radius 2 is 2.23 bits per heavy atom. The zero-order valence-corrected chi connectivity index (χ0v) is 8.03. The van der Waals surface area contributed by atoms with Gasteiger partial charge < -0.3 is 4.74 Å². The number of hydrogen-bond donors (Lipinski definition) is 0. The van der Waals surface area contributed by atoms with Crippen LogP contribution in [0.5, 0.6) is 5.75 Å². The fraction of sp³-hybridized carbons (Fsp3) is 0.400. The first kappa shape index (κ1) is 9.53. The van der Waals surface area contributed by atoms with Gasteiger partial charge in [-0.15, -0.1) is 0 Å². The highest BCUT2D eigenvalue weighted by atomic mass is 16.5. The van der Waals surface area contributed by atoms with E-state index in [9.17, 15) is 0 Å². The molecule has 68 valence electrons. The number of nitriles is 1. The van der Waals surface area contributed by atoms with Gasteiger partial charge in [0, 0.05) is 6.20 Å². The van der Waals surface area contributed by atoms with Crippen LogP contribution < -0.4 is 4.74 Å². The molecule has 1 aromatic heterocycles. The molecule has 0 saturated heterocycles. The van der Waals surface area contributed by atoms with Gasteiger partial charge in [0.2, 0.25) is 0 Å². The molecule has 0 spiro atoms. The van der Waals surface area contributed by atoms with Crippen molar-refractivity contribution in [2.45, 2.75) is 19.8 Å². The topological polar surface area (TPSA) is 45.9 Å². The van der Waals surface area contributed by atoms with Crippen LogP contribution in [0.1, 0.15) is 31.0 Å². The molecule has 0 bridgehead atoms. The fourth-order valence-corrected chi connectivity index (χ4v) is 1.18. The predicted molar refractivity (Wildman–Crippen MR) is 49.6 cm³/mol. The lowest BCUT2D eigenvalue weighted by molar-refractivity contribution is 0.411. The highest BCUT2D eigenvalue weighted by molar-refractivity contribution is 5.46. The quantitative estimate of drug-likeness (QED) is 0.693. The summed E-state index contributed by atoms with van der Waals surface area (Å²) in [5.41, 5.74) is 1.34. The van der Waals surface area contributed by atoms with Crippen molar-refractivity contribution in [1.29, 1.82) is 5.26 Å². The molecular weight excluding hydrogens is 164 g/mol. The summed E-state index contributed by atoms with van der Waals surface area (Å²) in [4.78, 5) is 4.16. The summed E-state index contributed by atoms with van der Waals surface area (Å²) >= 11 is 0. The summed E-state index contributed by atoms with van der Waals surface area (Å²) in [7, 11) is 1.56. The van der Waals surface area contributed by atoms with Crippen LogP contribution in [-0.2, 0) is 0 Å². The lowest BCUT2D eigenvalue weighted by Gasteiger charge is -2.09. The lowest BCUT2D eigenvalue weighted by atomic mass is 10.0. The molecule has 0 amide bonds. The normalized spacial score (nSPS) is 9.77. The van der Waals surface area contributed by atoms with Crippen LogP contribution in [0.2, 0.25) is 0 Å². The SMILES string of the molecule is COc1ccnc(C(C)C)c1C#N. The van der Waals surface area contributed by atoms with E-state index in [1.165, 1.54) is 0 Å². The summed E-state index contributed by atoms with van der Waals surface area (Å²) < 4.78 is 5.06. The van der Waals surface area contributed by atoms with Gasteiger partial charge in [-0.3, -0.25) is 4.98 Å². The van der Waals surface area contributed by atoms with E-state index in [2.05, 4.69) is 11.1 Å². The number of aromatic nitrogens is 1. The molecule has 0 radical (unpaired) electrons. The van der Waals surface area contributed by atoms with E-state index in [0.29, 0.717) is 11.3 Å². The highest BCUT2D eigenvalue weighted by Gasteiger charge is 2.12. The molecule has 0 aliphatic rings. The smallest absolute Gasteiger partial charge is 0.140 e. The fourth-order valence-electron chi connectivity index (χ4n) is 1.18. The van der Waals surface area contributed by atoms with E-state index in [0.717, 1.165) is 5.69 Å². The van der Waals surface area contributed by atoms with E-state index < -0.39 is 0 Å². The second-order valence-corrected chi connectivity index (χ2v) is 3.04. The summed E-state index contributed by atoms with van der Waals surface area (Å²) in [5.74, 6) is 0.839. The highest BCUT2D eigenvalue weighted by Crippen LogP contribution is 2.24. The Labute approximate surface area is 78.0 Å². The zero-order valence-electron chi connectivity index (χ0n) is 8.03. The van der Waals surface area contributed by atoms with E-state index in [-0.39, 0.29) is 5.92 Å². The molecule has 0 unspecified atom stereocenters. The largest absolute Gasteiger partial charge is 0.495 e. The van der Waals surface area contributed by atoms with Crippen LogP contribution in [0.4, 0.5) is 0 Å². The van der Waals surface area contributed by atoms with Gasteiger partial charge in [0.05, 0.1) is 12.8 Å². The van der Waals surface area contributed by atoms with Gasteiger partial charge >= 0.3 is 0 Å². The molecule has 3 heteroatoms. The van der Waals surface area contributed by atoms with Crippen molar-refractivity contribution >= 4 is 0 Å². The Bertz CT molecular complexity index is 339. The lowest BCUT2D eigenvalue weighted by Crippen LogP contribution is -1.99. The first-order valence-electron chi connectivity index (χ1n) is 4.13. The van der Waals surface area contributed by atoms with Crippen LogP contribution in [0.15, 0.2) is 12.3 Å². The zero-order chi connectivity index (χ0) is 9.84. The minimum atomic E-state index is 0.241. The van der Waals surface area contributed by atoms with Crippen LogP contribution in [0.3, 0.4) is 0 Å². The van der Waals surface area contributed by atoms with Crippen molar-refractivity contribution in [3.05, 3.63) is 23.5 Å². The standard InChI is InChI=1S/C10H12N2O/c1-7(2)10-8(6-11)9(13-3)4-5-12-10/h4-5,7H,1-3H3. The molecule has 0 aliphatic carbocycles. The Morgan fingerprint density at radius 1 is 1.54 bits per heavy atom. The second kappa shape index (κ2) is 3.90. The number of hydrogen-bond acceptors (Lipinski definition) is 3. The molecule has 0 aromatic carbocycles. The minimum Gasteiger partial charge on any atom is -0.495 e. The second-order valence-electron chi connectivity index (χ2n) is 3.04. The van der Waals surface area contributed by atoms with Crippen molar-refractivity contribution in [3.8, 4) is 11.8 Å². The van der Waals surface area contributed by atoms with E-state index in [1.54, 1.807) is 19.4 Å². The summed E-state index contributed by atoms with van der Waals surface area (Å²) in [6, 6.07) is 3.81. The predicted octanol–water partition coefficient (Wildman–Crippen LogP) is 2.09. The Morgan fingerprint density at radius 3 is 2.69 bits per heavy atom. The van der Waals surface area contributed by atoms with Crippen LogP contribution in [-0.4, -0.2) is 12.1 Å². The number of ether oxygens (including phenoxy) is 1. The molecule has 1 aromatic rings. The number of methoxy groups -OCH3 is 1. The third-order valence-electron chi connectivity index (χ3n) is 1.82.